The summed E-state index contributed by atoms with van der Waals surface area (Å²) in [5, 5.41) is 6.20. The van der Waals surface area contributed by atoms with Gasteiger partial charge in [-0.2, -0.15) is 0 Å². The van der Waals surface area contributed by atoms with Crippen molar-refractivity contribution in [2.75, 3.05) is 13.1 Å². The summed E-state index contributed by atoms with van der Waals surface area (Å²) in [6.07, 6.45) is 0.916. The van der Waals surface area contributed by atoms with Crippen LogP contribution in [0.1, 0.15) is 12.5 Å². The topological polar surface area (TPSA) is 74.8 Å². The third-order valence-corrected chi connectivity index (χ3v) is 2.68. The minimum absolute atomic E-state index is 0.244. The number of hydrogen-bond acceptors (Lipinski definition) is 3. The molecule has 1 heterocycles. The molecule has 0 aliphatic carbocycles. The Morgan fingerprint density at radius 2 is 2.17 bits per heavy atom. The van der Waals surface area contributed by atoms with E-state index in [1.807, 2.05) is 18.2 Å². The average molecular weight is 245 g/mol. The van der Waals surface area contributed by atoms with Crippen LogP contribution in [-0.4, -0.2) is 31.1 Å². The van der Waals surface area contributed by atoms with E-state index in [1.165, 1.54) is 5.56 Å². The Morgan fingerprint density at radius 1 is 1.39 bits per heavy atom. The van der Waals surface area contributed by atoms with Gasteiger partial charge >= 0.3 is 0 Å². The molecule has 5 nitrogen and oxygen atoms in total. The van der Waals surface area contributed by atoms with E-state index in [0.717, 1.165) is 13.0 Å². The maximum absolute atomic E-state index is 5.69. The van der Waals surface area contributed by atoms with E-state index in [9.17, 15) is 0 Å². The van der Waals surface area contributed by atoms with Gasteiger partial charge in [0, 0.05) is 12.6 Å². The molecule has 0 radical (unpaired) electrons. The lowest BCUT2D eigenvalue weighted by atomic mass is 10.2. The fourth-order valence-corrected chi connectivity index (χ4v) is 1.74. The van der Waals surface area contributed by atoms with Crippen molar-refractivity contribution in [3.05, 3.63) is 35.9 Å². The van der Waals surface area contributed by atoms with Crippen LogP contribution in [0, 0.1) is 0 Å². The molecule has 1 atom stereocenters. The first-order valence-electron chi connectivity index (χ1n) is 6.16. The first kappa shape index (κ1) is 12.4. The molecule has 1 aromatic rings. The lowest BCUT2D eigenvalue weighted by Gasteiger charge is -2.11. The Hall–Kier alpha value is -2.04. The zero-order valence-electron chi connectivity index (χ0n) is 10.6. The molecule has 1 aliphatic heterocycles. The molecule has 0 fully saturated rings. The number of rotatable bonds is 3. The lowest BCUT2D eigenvalue weighted by Crippen LogP contribution is -2.45. The normalized spacial score (nSPS) is 21.7. The van der Waals surface area contributed by atoms with Crippen molar-refractivity contribution in [2.45, 2.75) is 19.4 Å². The van der Waals surface area contributed by atoms with Gasteiger partial charge in [0.2, 0.25) is 0 Å². The summed E-state index contributed by atoms with van der Waals surface area (Å²) in [5.41, 5.74) is 6.97. The largest absolute Gasteiger partial charge is 0.370 e. The number of benzene rings is 1. The van der Waals surface area contributed by atoms with Crippen LogP contribution in [0.3, 0.4) is 0 Å². The Labute approximate surface area is 107 Å². The molecule has 4 N–H and O–H groups in total. The average Bonchev–Trinajstić information content (AvgIpc) is 2.52. The van der Waals surface area contributed by atoms with E-state index in [-0.39, 0.29) is 6.04 Å². The number of nitrogens with zero attached hydrogens (tertiary/aromatic N) is 2. The van der Waals surface area contributed by atoms with Crippen LogP contribution in [0.4, 0.5) is 0 Å². The number of aliphatic imine (C=N–C) groups is 2. The van der Waals surface area contributed by atoms with Gasteiger partial charge in [-0.05, 0) is 18.9 Å². The van der Waals surface area contributed by atoms with Gasteiger partial charge in [-0.3, -0.25) is 15.3 Å². The van der Waals surface area contributed by atoms with E-state index in [0.29, 0.717) is 18.5 Å². The molecule has 5 heteroatoms. The van der Waals surface area contributed by atoms with Crippen LogP contribution in [0.2, 0.25) is 0 Å². The number of hydrogen-bond donors (Lipinski definition) is 3. The van der Waals surface area contributed by atoms with E-state index in [2.05, 4.69) is 39.7 Å². The highest BCUT2D eigenvalue weighted by Gasteiger charge is 2.10. The van der Waals surface area contributed by atoms with Crippen LogP contribution < -0.4 is 16.4 Å². The fraction of sp³-hybridized carbons (Fsp3) is 0.385. The highest BCUT2D eigenvalue weighted by atomic mass is 15.3. The van der Waals surface area contributed by atoms with Gasteiger partial charge in [0.1, 0.15) is 0 Å². The van der Waals surface area contributed by atoms with Crippen LogP contribution >= 0.6 is 0 Å². The molecular formula is C13H19N5. The zero-order chi connectivity index (χ0) is 12.8. The molecule has 0 bridgehead atoms. The van der Waals surface area contributed by atoms with Gasteiger partial charge in [-0.1, -0.05) is 30.3 Å². The molecule has 96 valence electrons. The Balaban J connectivity index is 1.90. The summed E-state index contributed by atoms with van der Waals surface area (Å²) >= 11 is 0. The second-order valence-corrected chi connectivity index (χ2v) is 4.36. The standard InChI is InChI=1S/C13H19N5/c1-10-9-16-12(14)18-13(17-10)15-8-7-11-5-3-2-4-6-11/h2-6,10H,7-9H2,1H3,(H4,14,15,16,17,18)/t10-/m0/s1. The van der Waals surface area contributed by atoms with Gasteiger partial charge in [-0.15, -0.1) is 0 Å². The highest BCUT2D eigenvalue weighted by molar-refractivity contribution is 5.98. The van der Waals surface area contributed by atoms with Gasteiger partial charge in [-0.25, -0.2) is 0 Å². The second-order valence-electron chi connectivity index (χ2n) is 4.36. The molecule has 0 unspecified atom stereocenters. The van der Waals surface area contributed by atoms with Crippen LogP contribution in [-0.2, 0) is 6.42 Å². The highest BCUT2D eigenvalue weighted by Crippen LogP contribution is 1.99. The van der Waals surface area contributed by atoms with Crippen molar-refractivity contribution >= 4 is 11.9 Å². The number of guanidine groups is 2. The summed E-state index contributed by atoms with van der Waals surface area (Å²) in [7, 11) is 0. The van der Waals surface area contributed by atoms with Gasteiger partial charge < -0.3 is 11.1 Å². The molecule has 0 saturated carbocycles. The van der Waals surface area contributed by atoms with Crippen LogP contribution in [0.25, 0.3) is 0 Å². The summed E-state index contributed by atoms with van der Waals surface area (Å²) in [5.74, 6) is 1.13. The number of nitrogens with two attached hydrogens (primary N) is 1. The third kappa shape index (κ3) is 3.76. The lowest BCUT2D eigenvalue weighted by molar-refractivity contribution is 0.675. The van der Waals surface area contributed by atoms with E-state index < -0.39 is 0 Å². The summed E-state index contributed by atoms with van der Waals surface area (Å²) in [4.78, 5) is 8.63. The second kappa shape index (κ2) is 6.05. The molecule has 1 aromatic carbocycles. The maximum atomic E-state index is 5.69. The van der Waals surface area contributed by atoms with Gasteiger partial charge in [0.05, 0.1) is 6.54 Å². The molecule has 0 spiro atoms. The monoisotopic (exact) mass is 245 g/mol. The van der Waals surface area contributed by atoms with Crippen molar-refractivity contribution in [1.29, 1.82) is 0 Å². The minimum atomic E-state index is 0.244. The van der Waals surface area contributed by atoms with Crippen LogP contribution in [0.5, 0.6) is 0 Å². The third-order valence-electron chi connectivity index (χ3n) is 2.68. The Bertz CT molecular complexity index is 438. The van der Waals surface area contributed by atoms with Gasteiger partial charge in [0.15, 0.2) is 11.9 Å². The SMILES string of the molecule is C[C@H]1CN=C(N)NC(=NCCc2ccccc2)N1. The summed E-state index contributed by atoms with van der Waals surface area (Å²) < 4.78 is 0. The molecule has 2 rings (SSSR count). The van der Waals surface area contributed by atoms with Crippen molar-refractivity contribution in [2.24, 2.45) is 15.7 Å². The van der Waals surface area contributed by atoms with Crippen LogP contribution in [0.15, 0.2) is 40.3 Å². The molecule has 1 aliphatic rings. The zero-order valence-corrected chi connectivity index (χ0v) is 10.6. The van der Waals surface area contributed by atoms with E-state index >= 15 is 0 Å². The van der Waals surface area contributed by atoms with Gasteiger partial charge in [0.25, 0.3) is 0 Å². The molecule has 0 amide bonds. The van der Waals surface area contributed by atoms with E-state index in [4.69, 9.17) is 5.73 Å². The smallest absolute Gasteiger partial charge is 0.198 e. The molecule has 0 saturated heterocycles. The number of nitrogens with one attached hydrogen (secondary N) is 2. The molecular weight excluding hydrogens is 226 g/mol. The summed E-state index contributed by atoms with van der Waals surface area (Å²) in [6, 6.07) is 10.5. The Kier molecular flexibility index (Phi) is 4.17. The van der Waals surface area contributed by atoms with E-state index in [1.54, 1.807) is 0 Å². The Morgan fingerprint density at radius 3 is 2.94 bits per heavy atom. The molecule has 18 heavy (non-hydrogen) atoms. The quantitative estimate of drug-likeness (QED) is 0.725. The summed E-state index contributed by atoms with van der Waals surface area (Å²) in [6.45, 7) is 3.44. The predicted molar refractivity (Wildman–Crippen MR) is 74.7 cm³/mol. The van der Waals surface area contributed by atoms with Crippen molar-refractivity contribution in [1.82, 2.24) is 10.6 Å². The van der Waals surface area contributed by atoms with Crippen molar-refractivity contribution in [3.8, 4) is 0 Å². The van der Waals surface area contributed by atoms with Crippen molar-refractivity contribution < 1.29 is 0 Å². The molecule has 0 aromatic heterocycles. The maximum Gasteiger partial charge on any atom is 0.198 e. The first-order chi connectivity index (χ1) is 8.74. The minimum Gasteiger partial charge on any atom is -0.370 e. The predicted octanol–water partition coefficient (Wildman–Crippen LogP) is 0.481. The first-order valence-corrected chi connectivity index (χ1v) is 6.16. The fourth-order valence-electron chi connectivity index (χ4n) is 1.74. The van der Waals surface area contributed by atoms with Crippen molar-refractivity contribution in [3.63, 3.8) is 0 Å².